The van der Waals surface area contributed by atoms with Crippen molar-refractivity contribution >= 4 is 33.9 Å². The molecule has 1 amide bonds. The summed E-state index contributed by atoms with van der Waals surface area (Å²) in [4.78, 5) is 19.3. The molecule has 2 N–H and O–H groups in total. The highest BCUT2D eigenvalue weighted by atomic mass is 32.1. The summed E-state index contributed by atoms with van der Waals surface area (Å²) in [6, 6.07) is 9.54. The molecule has 1 atom stereocenters. The van der Waals surface area contributed by atoms with Gasteiger partial charge in [-0.05, 0) is 30.7 Å². The number of carbonyl (C=O) groups is 1. The normalized spacial score (nSPS) is 18.7. The number of aromatic nitrogens is 1. The summed E-state index contributed by atoms with van der Waals surface area (Å²) < 4.78 is 0. The average molecular weight is 299 g/mol. The molecule has 0 aliphatic carbocycles. The summed E-state index contributed by atoms with van der Waals surface area (Å²) in [6.45, 7) is 0.686. The minimum Gasteiger partial charge on any atom is -0.392 e. The van der Waals surface area contributed by atoms with E-state index in [-0.39, 0.29) is 11.9 Å². The molecule has 21 heavy (non-hydrogen) atoms. The first-order chi connectivity index (χ1) is 10.2. The minimum atomic E-state index is -0.151. The van der Waals surface area contributed by atoms with Crippen molar-refractivity contribution in [1.82, 2.24) is 9.88 Å². The van der Waals surface area contributed by atoms with E-state index >= 15 is 0 Å². The van der Waals surface area contributed by atoms with Gasteiger partial charge in [-0.1, -0.05) is 36.5 Å². The first-order valence-corrected chi connectivity index (χ1v) is 7.53. The second-order valence-electron chi connectivity index (χ2n) is 5.29. The molecule has 1 aromatic heterocycles. The number of carbonyl (C=O) groups excluding carboxylic acids is 1. The van der Waals surface area contributed by atoms with Crippen LogP contribution in [0.25, 0.3) is 10.8 Å². The predicted molar refractivity (Wildman–Crippen MR) is 87.2 cm³/mol. The standard InChI is InChI=1S/C16H17N3OS/c17-15(21)13-7-3-4-10-19(13)16(20)14-12-6-2-1-5-11(12)8-9-18-14/h1-2,5-6,8-9,13H,3-4,7,10H2,(H2,17,21). The number of thiocarbonyl (C=S) groups is 1. The maximum atomic E-state index is 12.9. The number of nitrogens with zero attached hydrogens (tertiary/aromatic N) is 2. The van der Waals surface area contributed by atoms with Crippen LogP contribution in [0.3, 0.4) is 0 Å². The third kappa shape index (κ3) is 2.61. The van der Waals surface area contributed by atoms with Crippen molar-refractivity contribution in [2.75, 3.05) is 6.54 Å². The maximum Gasteiger partial charge on any atom is 0.273 e. The van der Waals surface area contributed by atoms with Gasteiger partial charge < -0.3 is 10.6 Å². The first kappa shape index (κ1) is 13.9. The zero-order valence-corrected chi connectivity index (χ0v) is 12.5. The van der Waals surface area contributed by atoms with Crippen LogP contribution in [0, 0.1) is 0 Å². The van der Waals surface area contributed by atoms with Crippen molar-refractivity contribution in [2.45, 2.75) is 25.3 Å². The van der Waals surface area contributed by atoms with Crippen molar-refractivity contribution in [3.8, 4) is 0 Å². The minimum absolute atomic E-state index is 0.0794. The Balaban J connectivity index is 2.01. The monoisotopic (exact) mass is 299 g/mol. The number of fused-ring (bicyclic) bond motifs is 1. The molecule has 2 heterocycles. The second kappa shape index (κ2) is 5.77. The van der Waals surface area contributed by atoms with E-state index in [1.54, 1.807) is 11.1 Å². The molecule has 1 aliphatic rings. The molecule has 108 valence electrons. The number of piperidine rings is 1. The second-order valence-corrected chi connectivity index (χ2v) is 5.76. The Bertz CT molecular complexity index is 695. The van der Waals surface area contributed by atoms with Crippen molar-refractivity contribution in [1.29, 1.82) is 0 Å². The Morgan fingerprint density at radius 1 is 1.29 bits per heavy atom. The van der Waals surface area contributed by atoms with Gasteiger partial charge in [0.25, 0.3) is 5.91 Å². The summed E-state index contributed by atoms with van der Waals surface area (Å²) in [7, 11) is 0. The maximum absolute atomic E-state index is 12.9. The Kier molecular flexibility index (Phi) is 3.84. The van der Waals surface area contributed by atoms with Gasteiger partial charge in [-0.3, -0.25) is 9.78 Å². The van der Waals surface area contributed by atoms with Crippen molar-refractivity contribution in [3.63, 3.8) is 0 Å². The third-order valence-corrected chi connectivity index (χ3v) is 4.24. The van der Waals surface area contributed by atoms with Gasteiger partial charge in [0.05, 0.1) is 11.0 Å². The van der Waals surface area contributed by atoms with Gasteiger partial charge in [0.2, 0.25) is 0 Å². The van der Waals surface area contributed by atoms with Gasteiger partial charge in [-0.25, -0.2) is 0 Å². The molecule has 5 heteroatoms. The van der Waals surface area contributed by atoms with Crippen LogP contribution in [-0.4, -0.2) is 33.4 Å². The Morgan fingerprint density at radius 2 is 2.10 bits per heavy atom. The molecule has 0 bridgehead atoms. The van der Waals surface area contributed by atoms with Crippen molar-refractivity contribution in [2.24, 2.45) is 5.73 Å². The van der Waals surface area contributed by atoms with Crippen LogP contribution in [0.2, 0.25) is 0 Å². The molecule has 1 saturated heterocycles. The van der Waals surface area contributed by atoms with Crippen LogP contribution in [0.15, 0.2) is 36.5 Å². The van der Waals surface area contributed by atoms with Crippen LogP contribution < -0.4 is 5.73 Å². The highest BCUT2D eigenvalue weighted by Gasteiger charge is 2.30. The molecular formula is C16H17N3OS. The molecule has 0 saturated carbocycles. The van der Waals surface area contributed by atoms with Crippen LogP contribution >= 0.6 is 12.2 Å². The fourth-order valence-corrected chi connectivity index (χ4v) is 3.14. The largest absolute Gasteiger partial charge is 0.392 e. The molecular weight excluding hydrogens is 282 g/mol. The van der Waals surface area contributed by atoms with E-state index in [0.717, 1.165) is 30.0 Å². The summed E-state index contributed by atoms with van der Waals surface area (Å²) in [5.74, 6) is -0.0794. The zero-order chi connectivity index (χ0) is 14.8. The number of rotatable bonds is 2. The lowest BCUT2D eigenvalue weighted by Gasteiger charge is -2.35. The topological polar surface area (TPSA) is 59.2 Å². The SMILES string of the molecule is NC(=S)C1CCCCN1C(=O)c1nccc2ccccc12. The van der Waals surface area contributed by atoms with Gasteiger partial charge in [-0.2, -0.15) is 0 Å². The highest BCUT2D eigenvalue weighted by molar-refractivity contribution is 7.80. The predicted octanol–water partition coefficient (Wildman–Crippen LogP) is 2.52. The molecule has 1 aliphatic heterocycles. The van der Waals surface area contributed by atoms with Gasteiger partial charge >= 0.3 is 0 Å². The van der Waals surface area contributed by atoms with Gasteiger partial charge in [0, 0.05) is 18.1 Å². The lowest BCUT2D eigenvalue weighted by molar-refractivity contribution is 0.0677. The van der Waals surface area contributed by atoms with Crippen LogP contribution in [-0.2, 0) is 0 Å². The number of pyridine rings is 1. The fraction of sp³-hybridized carbons (Fsp3) is 0.312. The fourth-order valence-electron chi connectivity index (χ4n) is 2.90. The highest BCUT2D eigenvalue weighted by Crippen LogP contribution is 2.23. The summed E-state index contributed by atoms with van der Waals surface area (Å²) in [5, 5.41) is 1.89. The van der Waals surface area contributed by atoms with E-state index in [4.69, 9.17) is 18.0 Å². The smallest absolute Gasteiger partial charge is 0.273 e. The Labute approximate surface area is 129 Å². The third-order valence-electron chi connectivity index (χ3n) is 3.97. The van der Waals surface area contributed by atoms with Crippen LogP contribution in [0.4, 0.5) is 0 Å². The van der Waals surface area contributed by atoms with E-state index < -0.39 is 0 Å². The van der Waals surface area contributed by atoms with E-state index in [2.05, 4.69) is 4.98 Å². The Morgan fingerprint density at radius 3 is 2.90 bits per heavy atom. The van der Waals surface area contributed by atoms with E-state index in [9.17, 15) is 4.79 Å². The van der Waals surface area contributed by atoms with E-state index in [0.29, 0.717) is 17.2 Å². The molecule has 0 spiro atoms. The quantitative estimate of drug-likeness (QED) is 0.866. The van der Waals surface area contributed by atoms with E-state index in [1.165, 1.54) is 0 Å². The number of hydrogen-bond acceptors (Lipinski definition) is 3. The molecule has 1 fully saturated rings. The molecule has 1 unspecified atom stereocenters. The number of nitrogens with two attached hydrogens (primary N) is 1. The Hall–Kier alpha value is -2.01. The summed E-state index contributed by atoms with van der Waals surface area (Å²) in [5.41, 5.74) is 6.29. The lowest BCUT2D eigenvalue weighted by atomic mass is 10.0. The number of amides is 1. The average Bonchev–Trinajstić information content (AvgIpc) is 2.53. The van der Waals surface area contributed by atoms with Crippen molar-refractivity contribution < 1.29 is 4.79 Å². The first-order valence-electron chi connectivity index (χ1n) is 7.12. The summed E-state index contributed by atoms with van der Waals surface area (Å²) >= 11 is 5.12. The zero-order valence-electron chi connectivity index (χ0n) is 11.7. The van der Waals surface area contributed by atoms with E-state index in [1.807, 2.05) is 30.3 Å². The van der Waals surface area contributed by atoms with Gasteiger partial charge in [0.15, 0.2) is 0 Å². The number of benzene rings is 1. The van der Waals surface area contributed by atoms with Crippen molar-refractivity contribution in [3.05, 3.63) is 42.2 Å². The van der Waals surface area contributed by atoms with Gasteiger partial charge in [0.1, 0.15) is 5.69 Å². The number of likely N-dealkylation sites (tertiary alicyclic amines) is 1. The molecule has 2 aromatic rings. The van der Waals surface area contributed by atoms with Gasteiger partial charge in [-0.15, -0.1) is 0 Å². The molecule has 0 radical (unpaired) electrons. The van der Waals surface area contributed by atoms with Crippen LogP contribution in [0.1, 0.15) is 29.8 Å². The lowest BCUT2D eigenvalue weighted by Crippen LogP contribution is -2.50. The molecule has 3 rings (SSSR count). The number of hydrogen-bond donors (Lipinski definition) is 1. The summed E-state index contributed by atoms with van der Waals surface area (Å²) in [6.07, 6.45) is 4.55. The molecule has 1 aromatic carbocycles. The van der Waals surface area contributed by atoms with Crippen LogP contribution in [0.5, 0.6) is 0 Å². The molecule has 4 nitrogen and oxygen atoms in total.